The zero-order valence-corrected chi connectivity index (χ0v) is 43.1. The molecule has 3 aromatic carbocycles. The Labute approximate surface area is 436 Å². The highest BCUT2D eigenvalue weighted by molar-refractivity contribution is 6.06. The number of carbonyl (C=O) groups is 3. The van der Waals surface area contributed by atoms with Crippen molar-refractivity contribution in [2.45, 2.75) is 115 Å². The number of amides is 3. The molecule has 2 atom stereocenters. The molecule has 2 aliphatic carbocycles. The van der Waals surface area contributed by atoms with Gasteiger partial charge >= 0.3 is 6.01 Å². The number of piperazine rings is 1. The molecule has 0 radical (unpaired) electrons. The second-order valence-electron chi connectivity index (χ2n) is 23.0. The number of piperidine rings is 3. The number of pyridine rings is 1. The molecule has 6 fully saturated rings. The number of aliphatic hydroxyl groups is 1. The molecule has 3 N–H and O–H groups in total. The van der Waals surface area contributed by atoms with E-state index in [2.05, 4.69) is 36.0 Å². The maximum atomic E-state index is 17.3. The number of anilines is 2. The van der Waals surface area contributed by atoms with Crippen molar-refractivity contribution in [1.82, 2.24) is 35.0 Å². The normalized spacial score (nSPS) is 23.4. The maximum Gasteiger partial charge on any atom is 0.319 e. The van der Waals surface area contributed by atoms with Crippen LogP contribution in [0.25, 0.3) is 32.9 Å². The number of likely N-dealkylation sites (tertiary alicyclic amines) is 1. The molecule has 2 saturated carbocycles. The Kier molecular flexibility index (Phi) is 13.4. The molecule has 0 bridgehead atoms. The van der Waals surface area contributed by atoms with E-state index in [0.29, 0.717) is 95.6 Å². The molecule has 1 spiro atoms. The number of nitrogens with zero attached hydrogens (tertiary/aromatic N) is 8. The average Bonchev–Trinajstić information content (AvgIpc) is 4.12. The number of benzene rings is 3. The Morgan fingerprint density at radius 3 is 2.40 bits per heavy atom. The molecule has 396 valence electrons. The van der Waals surface area contributed by atoms with Crippen LogP contribution >= 0.6 is 0 Å². The van der Waals surface area contributed by atoms with Gasteiger partial charge in [-0.15, -0.1) is 0 Å². The lowest BCUT2D eigenvalue weighted by Gasteiger charge is -2.49. The fraction of sp³-hybridized carbons (Fsp3) is 0.552. The highest BCUT2D eigenvalue weighted by Crippen LogP contribution is 2.50. The number of aliphatic hydroxyl groups excluding tert-OH is 1. The van der Waals surface area contributed by atoms with Gasteiger partial charge in [-0.3, -0.25) is 29.6 Å². The lowest BCUT2D eigenvalue weighted by Crippen LogP contribution is -2.52. The van der Waals surface area contributed by atoms with Crippen LogP contribution in [0.1, 0.15) is 112 Å². The van der Waals surface area contributed by atoms with Gasteiger partial charge in [-0.1, -0.05) is 13.0 Å². The van der Waals surface area contributed by atoms with E-state index in [0.717, 1.165) is 82.7 Å². The summed E-state index contributed by atoms with van der Waals surface area (Å²) < 4.78 is 39.0. The summed E-state index contributed by atoms with van der Waals surface area (Å²) in [5.41, 5.74) is 3.83. The van der Waals surface area contributed by atoms with E-state index in [1.54, 1.807) is 23.2 Å². The van der Waals surface area contributed by atoms with Crippen molar-refractivity contribution >= 4 is 50.9 Å². The molecule has 17 heteroatoms. The minimum Gasteiger partial charge on any atom is -0.508 e. The van der Waals surface area contributed by atoms with Crippen LogP contribution in [0.5, 0.6) is 11.8 Å². The molecule has 5 aliphatic heterocycles. The van der Waals surface area contributed by atoms with E-state index >= 15 is 8.78 Å². The van der Waals surface area contributed by atoms with Gasteiger partial charge in [0.25, 0.3) is 5.91 Å². The quantitative estimate of drug-likeness (QED) is 0.0981. The zero-order valence-electron chi connectivity index (χ0n) is 43.1. The van der Waals surface area contributed by atoms with Gasteiger partial charge in [-0.25, -0.2) is 8.78 Å². The van der Waals surface area contributed by atoms with E-state index in [4.69, 9.17) is 14.7 Å². The summed E-state index contributed by atoms with van der Waals surface area (Å²) in [4.78, 5) is 63.4. The van der Waals surface area contributed by atoms with Crippen molar-refractivity contribution in [3.63, 3.8) is 0 Å². The molecular formula is C58H69F2N9O6. The first-order valence-electron chi connectivity index (χ1n) is 27.7. The standard InChI is InChI=1S/C58H69F2N9O6/c1-2-42-46(59)8-5-37-29-41(71)30-44(49(37)42)51-50(60)52-45(31-61-51)53(68-20-3-4-36(32-68)13-27-70)64-56(63-52)75-35-58(16-17-58)34-65-21-18-57(19-22-65)14-11-39(12-15-57)66-23-25-67(26-24-66)40-6-7-43-38(28-40)33-69(55(43)74)47-9-10-48(72)62-54(47)73/h5-8,28-31,36,39,47,70-71H,2-4,9-27,32-35H2,1H3,(H,62,72,73)/t36-,47+/m1/s1. The third-order valence-electron chi connectivity index (χ3n) is 18.4. The van der Waals surface area contributed by atoms with Gasteiger partial charge in [0.15, 0.2) is 5.82 Å². The van der Waals surface area contributed by atoms with E-state index in [-0.39, 0.29) is 65.1 Å². The van der Waals surface area contributed by atoms with E-state index in [1.807, 2.05) is 19.1 Å². The van der Waals surface area contributed by atoms with Crippen LogP contribution in [0.15, 0.2) is 48.7 Å². The average molecular weight is 1030 g/mol. The number of phenols is 1. The third-order valence-corrected chi connectivity index (χ3v) is 18.4. The lowest BCUT2D eigenvalue weighted by molar-refractivity contribution is -0.136. The first kappa shape index (κ1) is 49.8. The van der Waals surface area contributed by atoms with Crippen molar-refractivity contribution in [3.05, 3.63) is 77.0 Å². The predicted molar refractivity (Wildman–Crippen MR) is 282 cm³/mol. The summed E-state index contributed by atoms with van der Waals surface area (Å²) in [5.74, 6) is -1.14. The summed E-state index contributed by atoms with van der Waals surface area (Å²) in [7, 11) is 0. The van der Waals surface area contributed by atoms with Crippen molar-refractivity contribution < 1.29 is 38.1 Å². The van der Waals surface area contributed by atoms with Crippen LogP contribution in [0.3, 0.4) is 0 Å². The fourth-order valence-corrected chi connectivity index (χ4v) is 13.8. The van der Waals surface area contributed by atoms with Gasteiger partial charge in [0.1, 0.15) is 34.6 Å². The summed E-state index contributed by atoms with van der Waals surface area (Å²) in [6.45, 7) is 11.1. The number of aromatic nitrogens is 3. The Bertz CT molecular complexity index is 3030. The van der Waals surface area contributed by atoms with Crippen LogP contribution in [0, 0.1) is 28.4 Å². The molecular weight excluding hydrogens is 957 g/mol. The number of halogens is 2. The molecule has 15 nitrogen and oxygen atoms in total. The van der Waals surface area contributed by atoms with E-state index < -0.39 is 17.7 Å². The van der Waals surface area contributed by atoms with Crippen molar-refractivity contribution in [1.29, 1.82) is 0 Å². The molecule has 7 heterocycles. The zero-order chi connectivity index (χ0) is 51.6. The summed E-state index contributed by atoms with van der Waals surface area (Å²) >= 11 is 0. The van der Waals surface area contributed by atoms with Gasteiger partial charge in [0.05, 0.1) is 12.0 Å². The molecule has 3 amide bonds. The summed E-state index contributed by atoms with van der Waals surface area (Å²) in [6, 6.07) is 12.1. The van der Waals surface area contributed by atoms with Gasteiger partial charge in [0, 0.05) is 99.9 Å². The number of phenolic OH excluding ortho intramolecular Hbond substituents is 1. The summed E-state index contributed by atoms with van der Waals surface area (Å²) in [6.07, 6.45) is 14.6. The number of fused-ring (bicyclic) bond motifs is 3. The smallest absolute Gasteiger partial charge is 0.319 e. The second-order valence-corrected chi connectivity index (χ2v) is 23.0. The van der Waals surface area contributed by atoms with Gasteiger partial charge in [0.2, 0.25) is 11.8 Å². The number of aromatic hydroxyl groups is 1. The van der Waals surface area contributed by atoms with Gasteiger partial charge < -0.3 is 34.5 Å². The number of ether oxygens (including phenoxy) is 1. The molecule has 5 aromatic rings. The number of nitrogens with one attached hydrogen (secondary N) is 1. The Hall–Kier alpha value is -6.04. The van der Waals surface area contributed by atoms with Gasteiger partial charge in [-0.05, 0) is 166 Å². The first-order chi connectivity index (χ1) is 36.4. The SMILES string of the molecule is CCc1c(F)ccc2cc(O)cc(-c3ncc4c(N5CCC[C@H](CCO)C5)nc(OCC5(CN6CCC7(CCC(N8CCN(c9ccc%10c(c9)CN([C@H]9CCC(=O)NC9=O)C%10=O)CC8)CC7)CC6)CC5)nc4c3F)c12. The Morgan fingerprint density at radius 1 is 0.853 bits per heavy atom. The minimum absolute atomic E-state index is 0.0265. The monoisotopic (exact) mass is 1030 g/mol. The summed E-state index contributed by atoms with van der Waals surface area (Å²) in [5, 5.41) is 24.5. The van der Waals surface area contributed by atoms with Crippen molar-refractivity contribution in [3.8, 4) is 23.0 Å². The molecule has 7 aliphatic rings. The van der Waals surface area contributed by atoms with Crippen LogP contribution < -0.4 is 19.9 Å². The third kappa shape index (κ3) is 9.66. The number of imide groups is 1. The molecule has 4 saturated heterocycles. The molecule has 75 heavy (non-hydrogen) atoms. The minimum atomic E-state index is -0.682. The first-order valence-corrected chi connectivity index (χ1v) is 27.7. The van der Waals surface area contributed by atoms with Gasteiger partial charge in [-0.2, -0.15) is 9.97 Å². The topological polar surface area (TPSA) is 168 Å². The van der Waals surface area contributed by atoms with Crippen molar-refractivity contribution in [2.75, 3.05) is 81.9 Å². The number of aryl methyl sites for hydroxylation is 1. The van der Waals surface area contributed by atoms with Crippen molar-refractivity contribution in [2.24, 2.45) is 16.7 Å². The Balaban J connectivity index is 0.671. The number of carbonyl (C=O) groups excluding carboxylic acids is 3. The van der Waals surface area contributed by atoms with Crippen LogP contribution in [-0.4, -0.2) is 142 Å². The molecule has 12 rings (SSSR count). The predicted octanol–water partition coefficient (Wildman–Crippen LogP) is 7.76. The highest BCUT2D eigenvalue weighted by atomic mass is 19.1. The highest BCUT2D eigenvalue weighted by Gasteiger charge is 2.47. The Morgan fingerprint density at radius 2 is 1.65 bits per heavy atom. The number of hydrogen-bond donors (Lipinski definition) is 3. The second kappa shape index (κ2) is 20.2. The molecule has 2 aromatic heterocycles. The largest absolute Gasteiger partial charge is 0.508 e. The van der Waals surface area contributed by atoms with Crippen LogP contribution in [0.4, 0.5) is 20.3 Å². The molecule has 0 unspecified atom stereocenters. The fourth-order valence-electron chi connectivity index (χ4n) is 13.8. The lowest BCUT2D eigenvalue weighted by atomic mass is 9.66. The van der Waals surface area contributed by atoms with Crippen LogP contribution in [0.2, 0.25) is 0 Å². The van der Waals surface area contributed by atoms with Crippen LogP contribution in [-0.2, 0) is 22.6 Å². The number of hydrogen-bond acceptors (Lipinski definition) is 13. The maximum absolute atomic E-state index is 17.3. The van der Waals surface area contributed by atoms with E-state index in [9.17, 15) is 24.6 Å². The number of rotatable bonds is 13. The van der Waals surface area contributed by atoms with E-state index in [1.165, 1.54) is 50.7 Å².